The van der Waals surface area contributed by atoms with Crippen LogP contribution < -0.4 is 10.6 Å². The number of aliphatic imine (C=N–C) groups is 1. The van der Waals surface area contributed by atoms with Crippen LogP contribution in [0.25, 0.3) is 0 Å². The summed E-state index contributed by atoms with van der Waals surface area (Å²) in [6, 6.07) is 1.16. The molecule has 4 fully saturated rings. The number of nitrogens with one attached hydrogen (secondary N) is 2. The Morgan fingerprint density at radius 1 is 1.12 bits per heavy atom. The topological polar surface area (TPSA) is 55.4 Å². The SMILES string of the molecule is CN=C(NCC1CN2CCN1CC2)NC1CCN(CCOC)CC1.I. The molecule has 0 aliphatic carbocycles. The van der Waals surface area contributed by atoms with Crippen molar-refractivity contribution in [2.24, 2.45) is 4.99 Å². The number of guanidine groups is 1. The van der Waals surface area contributed by atoms with Gasteiger partial charge in [0.1, 0.15) is 0 Å². The number of likely N-dealkylation sites (tertiary alicyclic amines) is 1. The van der Waals surface area contributed by atoms with E-state index in [-0.39, 0.29) is 24.0 Å². The fourth-order valence-corrected chi connectivity index (χ4v) is 4.04. The number of methoxy groups -OCH3 is 1. The smallest absolute Gasteiger partial charge is 0.191 e. The van der Waals surface area contributed by atoms with Crippen molar-refractivity contribution in [1.82, 2.24) is 25.3 Å². The second-order valence-corrected chi connectivity index (χ2v) is 7.20. The molecule has 8 heteroatoms. The first-order valence-corrected chi connectivity index (χ1v) is 9.43. The van der Waals surface area contributed by atoms with E-state index in [4.69, 9.17) is 4.74 Å². The molecule has 146 valence electrons. The molecule has 7 nitrogen and oxygen atoms in total. The van der Waals surface area contributed by atoms with Gasteiger partial charge in [-0.2, -0.15) is 0 Å². The van der Waals surface area contributed by atoms with Crippen LogP contribution in [-0.4, -0.2) is 112 Å². The number of halogens is 1. The minimum Gasteiger partial charge on any atom is -0.383 e. The Balaban J connectivity index is 0.00000225. The largest absolute Gasteiger partial charge is 0.383 e. The van der Waals surface area contributed by atoms with Crippen molar-refractivity contribution in [3.8, 4) is 0 Å². The Morgan fingerprint density at radius 3 is 2.40 bits per heavy atom. The van der Waals surface area contributed by atoms with E-state index in [0.29, 0.717) is 12.1 Å². The number of nitrogens with zero attached hydrogens (tertiary/aromatic N) is 4. The van der Waals surface area contributed by atoms with Crippen LogP contribution in [0.3, 0.4) is 0 Å². The summed E-state index contributed by atoms with van der Waals surface area (Å²) in [6.45, 7) is 11.3. The first-order valence-electron chi connectivity index (χ1n) is 9.43. The second kappa shape index (κ2) is 10.9. The van der Waals surface area contributed by atoms with Gasteiger partial charge in [0, 0.05) is 85.1 Å². The molecule has 0 aromatic carbocycles. The summed E-state index contributed by atoms with van der Waals surface area (Å²) in [5.74, 6) is 0.961. The molecule has 0 aromatic heterocycles. The Morgan fingerprint density at radius 2 is 1.84 bits per heavy atom. The third-order valence-corrected chi connectivity index (χ3v) is 5.66. The molecule has 4 rings (SSSR count). The van der Waals surface area contributed by atoms with E-state index < -0.39 is 0 Å². The Bertz CT molecular complexity index is 408. The molecule has 4 saturated heterocycles. The first kappa shape index (κ1) is 21.1. The molecule has 0 saturated carbocycles. The maximum Gasteiger partial charge on any atom is 0.191 e. The summed E-state index contributed by atoms with van der Waals surface area (Å²) in [5, 5.41) is 7.17. The number of piperidine rings is 1. The average Bonchev–Trinajstić information content (AvgIpc) is 2.65. The van der Waals surface area contributed by atoms with Gasteiger partial charge in [0.15, 0.2) is 5.96 Å². The third kappa shape index (κ3) is 6.20. The van der Waals surface area contributed by atoms with Crippen LogP contribution in [0.2, 0.25) is 0 Å². The van der Waals surface area contributed by atoms with Crippen molar-refractivity contribution in [2.45, 2.75) is 24.9 Å². The van der Waals surface area contributed by atoms with Crippen molar-refractivity contribution in [3.05, 3.63) is 0 Å². The lowest BCUT2D eigenvalue weighted by molar-refractivity contribution is 0.0154. The van der Waals surface area contributed by atoms with Crippen molar-refractivity contribution in [3.63, 3.8) is 0 Å². The molecule has 1 atom stereocenters. The average molecular weight is 466 g/mol. The van der Waals surface area contributed by atoms with Gasteiger partial charge in [-0.05, 0) is 12.8 Å². The second-order valence-electron chi connectivity index (χ2n) is 7.20. The quantitative estimate of drug-likeness (QED) is 0.324. The molecular formula is C17H35IN6O. The van der Waals surface area contributed by atoms with Crippen LogP contribution in [-0.2, 0) is 4.74 Å². The molecule has 0 radical (unpaired) electrons. The van der Waals surface area contributed by atoms with Gasteiger partial charge in [-0.3, -0.25) is 14.8 Å². The summed E-state index contributed by atoms with van der Waals surface area (Å²) >= 11 is 0. The summed E-state index contributed by atoms with van der Waals surface area (Å²) in [6.07, 6.45) is 2.35. The summed E-state index contributed by atoms with van der Waals surface area (Å²) in [5.41, 5.74) is 0. The highest BCUT2D eigenvalue weighted by Gasteiger charge is 2.31. The minimum atomic E-state index is 0. The van der Waals surface area contributed by atoms with Gasteiger partial charge in [-0.1, -0.05) is 0 Å². The molecule has 4 heterocycles. The predicted octanol–water partition coefficient (Wildman–Crippen LogP) is -0.120. The molecule has 25 heavy (non-hydrogen) atoms. The monoisotopic (exact) mass is 466 g/mol. The van der Waals surface area contributed by atoms with Crippen molar-refractivity contribution in [1.29, 1.82) is 0 Å². The highest BCUT2D eigenvalue weighted by atomic mass is 127. The van der Waals surface area contributed by atoms with Gasteiger partial charge in [-0.15, -0.1) is 24.0 Å². The van der Waals surface area contributed by atoms with Gasteiger partial charge in [0.2, 0.25) is 0 Å². The van der Waals surface area contributed by atoms with Crippen molar-refractivity contribution >= 4 is 29.9 Å². The van der Waals surface area contributed by atoms with Crippen LogP contribution in [0.5, 0.6) is 0 Å². The van der Waals surface area contributed by atoms with Crippen LogP contribution in [0.15, 0.2) is 4.99 Å². The Kier molecular flexibility index (Phi) is 9.18. The lowest BCUT2D eigenvalue weighted by atomic mass is 10.1. The van der Waals surface area contributed by atoms with E-state index in [0.717, 1.165) is 38.7 Å². The lowest BCUT2D eigenvalue weighted by Gasteiger charge is -2.47. The zero-order valence-electron chi connectivity index (χ0n) is 15.7. The summed E-state index contributed by atoms with van der Waals surface area (Å²) in [4.78, 5) is 12.1. The normalized spacial score (nSPS) is 30.8. The van der Waals surface area contributed by atoms with E-state index in [2.05, 4.69) is 30.3 Å². The number of rotatable bonds is 6. The zero-order chi connectivity index (χ0) is 16.8. The summed E-state index contributed by atoms with van der Waals surface area (Å²) in [7, 11) is 3.65. The number of fused-ring (bicyclic) bond motifs is 3. The van der Waals surface area contributed by atoms with Crippen LogP contribution in [0.1, 0.15) is 12.8 Å². The van der Waals surface area contributed by atoms with E-state index >= 15 is 0 Å². The predicted molar refractivity (Wildman–Crippen MR) is 113 cm³/mol. The van der Waals surface area contributed by atoms with Crippen LogP contribution in [0.4, 0.5) is 0 Å². The standard InChI is InChI=1S/C17H34N6O.HI/c1-18-17(19-13-16-14-22-7-9-23(16)10-8-22)20-15-3-5-21(6-4-15)11-12-24-2;/h15-16H,3-14H2,1-2H3,(H2,18,19,20);1H. The van der Waals surface area contributed by atoms with E-state index in [1.807, 2.05) is 7.05 Å². The van der Waals surface area contributed by atoms with Gasteiger partial charge in [0.05, 0.1) is 6.61 Å². The number of hydrogen-bond acceptors (Lipinski definition) is 5. The molecule has 0 amide bonds. The minimum absolute atomic E-state index is 0. The molecular weight excluding hydrogens is 431 g/mol. The molecule has 0 spiro atoms. The highest BCUT2D eigenvalue weighted by Crippen LogP contribution is 2.15. The maximum absolute atomic E-state index is 5.17. The van der Waals surface area contributed by atoms with E-state index in [1.54, 1.807) is 7.11 Å². The molecule has 1 unspecified atom stereocenters. The molecule has 4 aliphatic heterocycles. The van der Waals surface area contributed by atoms with E-state index in [9.17, 15) is 0 Å². The van der Waals surface area contributed by atoms with E-state index in [1.165, 1.54) is 45.6 Å². The Hall–Kier alpha value is -0.160. The fourth-order valence-electron chi connectivity index (χ4n) is 4.04. The van der Waals surface area contributed by atoms with Gasteiger partial charge < -0.3 is 20.3 Å². The number of hydrogen-bond donors (Lipinski definition) is 2. The van der Waals surface area contributed by atoms with Gasteiger partial charge in [-0.25, -0.2) is 0 Å². The van der Waals surface area contributed by atoms with Gasteiger partial charge in [0.25, 0.3) is 0 Å². The van der Waals surface area contributed by atoms with Crippen LogP contribution in [0, 0.1) is 0 Å². The lowest BCUT2D eigenvalue weighted by Crippen LogP contribution is -2.64. The number of ether oxygens (including phenoxy) is 1. The third-order valence-electron chi connectivity index (χ3n) is 5.66. The van der Waals surface area contributed by atoms with Crippen molar-refractivity contribution in [2.75, 3.05) is 79.7 Å². The fraction of sp³-hybridized carbons (Fsp3) is 0.941. The molecule has 4 aliphatic rings. The number of piperazine rings is 3. The molecule has 0 aromatic rings. The first-order chi connectivity index (χ1) is 11.8. The molecule has 2 bridgehead atoms. The van der Waals surface area contributed by atoms with Crippen molar-refractivity contribution < 1.29 is 4.74 Å². The summed E-state index contributed by atoms with van der Waals surface area (Å²) < 4.78 is 5.17. The zero-order valence-corrected chi connectivity index (χ0v) is 18.1. The van der Waals surface area contributed by atoms with Gasteiger partial charge >= 0.3 is 0 Å². The maximum atomic E-state index is 5.17. The highest BCUT2D eigenvalue weighted by molar-refractivity contribution is 14.0. The van der Waals surface area contributed by atoms with Crippen LogP contribution >= 0.6 is 24.0 Å². The Labute approximate surface area is 169 Å². The molecule has 2 N–H and O–H groups in total.